The number of guanidine groups is 1. The van der Waals surface area contributed by atoms with Crippen molar-refractivity contribution in [2.45, 2.75) is 43.7 Å². The summed E-state index contributed by atoms with van der Waals surface area (Å²) in [6, 6.07) is 10.4. The summed E-state index contributed by atoms with van der Waals surface area (Å²) in [6.07, 6.45) is 8.40. The molecule has 1 amide bonds. The summed E-state index contributed by atoms with van der Waals surface area (Å²) in [5.74, 6) is 0.302. The maximum atomic E-state index is 13.7. The Morgan fingerprint density at radius 3 is 2.62 bits per heavy atom. The van der Waals surface area contributed by atoms with E-state index in [0.717, 1.165) is 48.8 Å². The van der Waals surface area contributed by atoms with Gasteiger partial charge in [0.1, 0.15) is 0 Å². The van der Waals surface area contributed by atoms with Crippen molar-refractivity contribution < 1.29 is 9.53 Å². The van der Waals surface area contributed by atoms with Crippen LogP contribution in [0, 0.1) is 5.41 Å². The first-order valence-electron chi connectivity index (χ1n) is 10.2. The van der Waals surface area contributed by atoms with Gasteiger partial charge in [-0.1, -0.05) is 18.2 Å². The molecular formula is C23H26N4O2. The molecule has 3 aliphatic rings. The Labute approximate surface area is 170 Å². The molecule has 2 N–H and O–H groups in total. The number of ether oxygens (including phenoxy) is 1. The van der Waals surface area contributed by atoms with Crippen molar-refractivity contribution in [3.05, 3.63) is 53.9 Å². The number of amides is 1. The molecule has 2 heterocycles. The highest BCUT2D eigenvalue weighted by atomic mass is 16.5. The number of hydrogen-bond donors (Lipinski definition) is 1. The molecule has 1 atom stereocenters. The van der Waals surface area contributed by atoms with Crippen molar-refractivity contribution in [1.29, 1.82) is 0 Å². The zero-order chi connectivity index (χ0) is 20.2. The molecule has 2 aromatic rings. The van der Waals surface area contributed by atoms with Crippen LogP contribution in [0.2, 0.25) is 0 Å². The molecule has 0 saturated heterocycles. The number of nitrogens with two attached hydrogens (primary N) is 1. The first kappa shape index (κ1) is 18.3. The number of pyridine rings is 1. The lowest BCUT2D eigenvalue weighted by Gasteiger charge is -2.45. The Morgan fingerprint density at radius 2 is 2.00 bits per heavy atom. The van der Waals surface area contributed by atoms with E-state index in [9.17, 15) is 4.79 Å². The van der Waals surface area contributed by atoms with Crippen LogP contribution >= 0.6 is 0 Å². The van der Waals surface area contributed by atoms with Crippen LogP contribution in [0.4, 0.5) is 0 Å². The summed E-state index contributed by atoms with van der Waals surface area (Å²) in [7, 11) is 3.50. The molecule has 6 heteroatoms. The SMILES string of the molecule is COC1CCC2(CC1)Cc1ccc(-c3cccnc3)cc1C21N=C(N)N(C)C1=O. The molecule has 0 radical (unpaired) electrons. The first-order valence-corrected chi connectivity index (χ1v) is 10.2. The van der Waals surface area contributed by atoms with Gasteiger partial charge in [-0.15, -0.1) is 0 Å². The van der Waals surface area contributed by atoms with Gasteiger partial charge in [-0.25, -0.2) is 4.99 Å². The molecule has 5 rings (SSSR count). The number of nitrogens with zero attached hydrogens (tertiary/aromatic N) is 3. The largest absolute Gasteiger partial charge is 0.381 e. The minimum atomic E-state index is -0.932. The number of aromatic nitrogens is 1. The maximum absolute atomic E-state index is 13.7. The monoisotopic (exact) mass is 390 g/mol. The molecule has 150 valence electrons. The summed E-state index contributed by atoms with van der Waals surface area (Å²) < 4.78 is 5.61. The van der Waals surface area contributed by atoms with Gasteiger partial charge in [0.15, 0.2) is 11.5 Å². The van der Waals surface area contributed by atoms with Gasteiger partial charge < -0.3 is 10.5 Å². The lowest BCUT2D eigenvalue weighted by Crippen LogP contribution is -2.51. The molecule has 1 unspecified atom stereocenters. The fourth-order valence-electron chi connectivity index (χ4n) is 5.64. The minimum Gasteiger partial charge on any atom is -0.381 e. The normalized spacial score (nSPS) is 30.8. The predicted molar refractivity (Wildman–Crippen MR) is 111 cm³/mol. The number of rotatable bonds is 2. The van der Waals surface area contributed by atoms with Crippen LogP contribution < -0.4 is 5.73 Å². The summed E-state index contributed by atoms with van der Waals surface area (Å²) >= 11 is 0. The van der Waals surface area contributed by atoms with Crippen molar-refractivity contribution >= 4 is 11.9 Å². The van der Waals surface area contributed by atoms with E-state index in [1.807, 2.05) is 18.3 Å². The lowest BCUT2D eigenvalue weighted by molar-refractivity contribution is -0.137. The van der Waals surface area contributed by atoms with Crippen molar-refractivity contribution in [3.63, 3.8) is 0 Å². The Bertz CT molecular complexity index is 995. The summed E-state index contributed by atoms with van der Waals surface area (Å²) in [5.41, 5.74) is 9.31. The van der Waals surface area contributed by atoms with Crippen LogP contribution in [0.25, 0.3) is 11.1 Å². The van der Waals surface area contributed by atoms with E-state index in [1.165, 1.54) is 10.5 Å². The third-order valence-electron chi connectivity index (χ3n) is 7.25. The third-order valence-corrected chi connectivity index (χ3v) is 7.25. The lowest BCUT2D eigenvalue weighted by atomic mass is 9.61. The zero-order valence-electron chi connectivity index (χ0n) is 16.9. The van der Waals surface area contributed by atoms with Crippen LogP contribution in [0.15, 0.2) is 47.7 Å². The first-order chi connectivity index (χ1) is 14.0. The van der Waals surface area contributed by atoms with E-state index in [4.69, 9.17) is 15.5 Å². The smallest absolute Gasteiger partial charge is 0.262 e. The number of methoxy groups -OCH3 is 1. The number of fused-ring (bicyclic) bond motifs is 3. The quantitative estimate of drug-likeness (QED) is 0.855. The number of benzene rings is 1. The summed E-state index contributed by atoms with van der Waals surface area (Å²) in [6.45, 7) is 0. The fraction of sp³-hybridized carbons (Fsp3) is 0.435. The molecule has 0 bridgehead atoms. The predicted octanol–water partition coefficient (Wildman–Crippen LogP) is 2.86. The Hall–Kier alpha value is -2.73. The number of aliphatic imine (C=N–C) groups is 1. The molecule has 1 fully saturated rings. The van der Waals surface area contributed by atoms with Gasteiger partial charge in [0, 0.05) is 32.0 Å². The fourth-order valence-corrected chi connectivity index (χ4v) is 5.64. The molecule has 1 aromatic heterocycles. The number of hydrogen-bond acceptors (Lipinski definition) is 5. The highest BCUT2D eigenvalue weighted by molar-refractivity contribution is 6.08. The Morgan fingerprint density at radius 1 is 1.21 bits per heavy atom. The Balaban J connectivity index is 1.68. The van der Waals surface area contributed by atoms with Crippen molar-refractivity contribution in [2.75, 3.05) is 14.2 Å². The van der Waals surface area contributed by atoms with E-state index in [1.54, 1.807) is 20.4 Å². The van der Waals surface area contributed by atoms with Crippen LogP contribution in [0.1, 0.15) is 36.8 Å². The molecule has 2 spiro atoms. The highest BCUT2D eigenvalue weighted by Crippen LogP contribution is 2.62. The molecule has 29 heavy (non-hydrogen) atoms. The summed E-state index contributed by atoms with van der Waals surface area (Å²) in [4.78, 5) is 24.3. The maximum Gasteiger partial charge on any atom is 0.262 e. The molecule has 1 saturated carbocycles. The molecule has 1 aliphatic heterocycles. The molecule has 1 aromatic carbocycles. The number of likely N-dealkylation sites (N-methyl/N-ethyl adjacent to an activating group) is 1. The third kappa shape index (κ3) is 2.42. The average molecular weight is 390 g/mol. The Kier molecular flexibility index (Phi) is 4.03. The van der Waals surface area contributed by atoms with Gasteiger partial charge >= 0.3 is 0 Å². The van der Waals surface area contributed by atoms with Gasteiger partial charge in [0.2, 0.25) is 0 Å². The van der Waals surface area contributed by atoms with Gasteiger partial charge in [-0.3, -0.25) is 14.7 Å². The van der Waals surface area contributed by atoms with Crippen LogP contribution in [0.5, 0.6) is 0 Å². The van der Waals surface area contributed by atoms with Gasteiger partial charge in [-0.2, -0.15) is 0 Å². The molecule has 2 aliphatic carbocycles. The average Bonchev–Trinajstić information content (AvgIpc) is 3.15. The van der Waals surface area contributed by atoms with E-state index >= 15 is 0 Å². The van der Waals surface area contributed by atoms with E-state index in [2.05, 4.69) is 23.2 Å². The summed E-state index contributed by atoms with van der Waals surface area (Å²) in [5, 5.41) is 0. The highest BCUT2D eigenvalue weighted by Gasteiger charge is 2.66. The number of carbonyl (C=O) groups excluding carboxylic acids is 1. The molecule has 6 nitrogen and oxygen atoms in total. The van der Waals surface area contributed by atoms with Crippen molar-refractivity contribution in [1.82, 2.24) is 9.88 Å². The van der Waals surface area contributed by atoms with E-state index < -0.39 is 5.54 Å². The second kappa shape index (κ2) is 6.39. The second-order valence-electron chi connectivity index (χ2n) is 8.55. The van der Waals surface area contributed by atoms with E-state index in [-0.39, 0.29) is 17.4 Å². The van der Waals surface area contributed by atoms with Crippen LogP contribution in [-0.4, -0.2) is 42.0 Å². The van der Waals surface area contributed by atoms with Crippen LogP contribution in [-0.2, 0) is 21.5 Å². The van der Waals surface area contributed by atoms with Crippen molar-refractivity contribution in [2.24, 2.45) is 16.1 Å². The van der Waals surface area contributed by atoms with Gasteiger partial charge in [0.25, 0.3) is 5.91 Å². The van der Waals surface area contributed by atoms with Crippen molar-refractivity contribution in [3.8, 4) is 11.1 Å². The second-order valence-corrected chi connectivity index (χ2v) is 8.55. The standard InChI is InChI=1S/C23H26N4O2/c1-27-20(28)23(26-21(27)24)19-12-15(17-4-3-11-25-14-17)5-6-16(19)13-22(23)9-7-18(29-2)8-10-22/h3-6,11-12,14,18H,7-10,13H2,1-2H3,(H2,24,26). The van der Waals surface area contributed by atoms with Crippen LogP contribution in [0.3, 0.4) is 0 Å². The topological polar surface area (TPSA) is 80.8 Å². The molecular weight excluding hydrogens is 364 g/mol. The minimum absolute atomic E-state index is 0.00652. The number of carbonyl (C=O) groups is 1. The zero-order valence-corrected chi connectivity index (χ0v) is 16.9. The van der Waals surface area contributed by atoms with Gasteiger partial charge in [0.05, 0.1) is 6.10 Å². The van der Waals surface area contributed by atoms with Gasteiger partial charge in [-0.05, 0) is 66.5 Å². The van der Waals surface area contributed by atoms with E-state index in [0.29, 0.717) is 5.96 Å².